The van der Waals surface area contributed by atoms with Gasteiger partial charge in [-0.2, -0.15) is 5.26 Å². The van der Waals surface area contributed by atoms with Crippen molar-refractivity contribution in [3.05, 3.63) is 81.5 Å². The number of nitrogens with one attached hydrogen (secondary N) is 1. The predicted molar refractivity (Wildman–Crippen MR) is 119 cm³/mol. The first kappa shape index (κ1) is 22.2. The highest BCUT2D eigenvalue weighted by atomic mass is 35.5. The summed E-state index contributed by atoms with van der Waals surface area (Å²) in [5, 5.41) is 14.5. The van der Waals surface area contributed by atoms with E-state index >= 15 is 0 Å². The molecule has 0 spiro atoms. The van der Waals surface area contributed by atoms with Crippen LogP contribution >= 0.6 is 22.9 Å². The fourth-order valence-corrected chi connectivity index (χ4v) is 3.82. The van der Waals surface area contributed by atoms with Crippen molar-refractivity contribution in [2.24, 2.45) is 0 Å². The van der Waals surface area contributed by atoms with Gasteiger partial charge < -0.3 is 10.1 Å². The second kappa shape index (κ2) is 10.0. The zero-order valence-electron chi connectivity index (χ0n) is 16.3. The van der Waals surface area contributed by atoms with Crippen molar-refractivity contribution in [2.75, 3.05) is 11.9 Å². The van der Waals surface area contributed by atoms with E-state index in [-0.39, 0.29) is 22.7 Å². The number of carbonyl (C=O) groups excluding carboxylic acids is 2. The number of rotatable bonds is 6. The van der Waals surface area contributed by atoms with Gasteiger partial charge >= 0.3 is 5.97 Å². The van der Waals surface area contributed by atoms with E-state index in [0.717, 1.165) is 11.3 Å². The molecular weight excluding hydrogens is 439 g/mol. The molecule has 0 aliphatic carbocycles. The molecule has 156 valence electrons. The Morgan fingerprint density at radius 1 is 1.19 bits per heavy atom. The summed E-state index contributed by atoms with van der Waals surface area (Å²) in [6.07, 6.45) is 1.42. The van der Waals surface area contributed by atoms with Crippen LogP contribution in [0.4, 0.5) is 9.39 Å². The van der Waals surface area contributed by atoms with Crippen molar-refractivity contribution in [1.29, 1.82) is 5.26 Å². The van der Waals surface area contributed by atoms with Gasteiger partial charge in [0, 0.05) is 16.0 Å². The van der Waals surface area contributed by atoms with E-state index in [1.807, 2.05) is 6.07 Å². The average molecular weight is 455 g/mol. The van der Waals surface area contributed by atoms with Gasteiger partial charge in [0.15, 0.2) is 0 Å². The van der Waals surface area contributed by atoms with Crippen LogP contribution in [0, 0.1) is 17.1 Å². The third kappa shape index (κ3) is 5.37. The Labute approximate surface area is 187 Å². The number of amides is 1. The Kier molecular flexibility index (Phi) is 7.19. The van der Waals surface area contributed by atoms with Crippen molar-refractivity contribution < 1.29 is 18.7 Å². The summed E-state index contributed by atoms with van der Waals surface area (Å²) < 4.78 is 18.4. The summed E-state index contributed by atoms with van der Waals surface area (Å²) in [4.78, 5) is 25.3. The van der Waals surface area contributed by atoms with Crippen LogP contribution < -0.4 is 5.32 Å². The topological polar surface area (TPSA) is 79.2 Å². The lowest BCUT2D eigenvalue weighted by Crippen LogP contribution is -2.16. The number of nitriles is 1. The first-order chi connectivity index (χ1) is 14.9. The summed E-state index contributed by atoms with van der Waals surface area (Å²) in [6.45, 7) is 1.81. The molecule has 1 heterocycles. The molecule has 0 unspecified atom stereocenters. The molecule has 0 saturated heterocycles. The third-order valence-electron chi connectivity index (χ3n) is 4.20. The lowest BCUT2D eigenvalue weighted by molar-refractivity contribution is -0.112. The molecular formula is C23H16ClFN2O3S. The molecule has 1 aromatic heterocycles. The number of thiophene rings is 1. The molecule has 0 saturated carbocycles. The number of carbonyl (C=O) groups is 2. The molecule has 5 nitrogen and oxygen atoms in total. The Balaban J connectivity index is 1.95. The van der Waals surface area contributed by atoms with E-state index in [2.05, 4.69) is 5.32 Å². The average Bonchev–Trinajstić information content (AvgIpc) is 3.17. The molecule has 1 amide bonds. The van der Waals surface area contributed by atoms with Crippen molar-refractivity contribution in [3.63, 3.8) is 0 Å². The number of benzene rings is 2. The van der Waals surface area contributed by atoms with Crippen LogP contribution in [-0.4, -0.2) is 18.5 Å². The zero-order chi connectivity index (χ0) is 22.4. The summed E-state index contributed by atoms with van der Waals surface area (Å²) in [5.41, 5.74) is 1.72. The normalized spacial score (nSPS) is 11.0. The third-order valence-corrected chi connectivity index (χ3v) is 5.35. The molecule has 31 heavy (non-hydrogen) atoms. The minimum absolute atomic E-state index is 0.144. The van der Waals surface area contributed by atoms with E-state index in [4.69, 9.17) is 16.3 Å². The van der Waals surface area contributed by atoms with Crippen molar-refractivity contribution in [2.45, 2.75) is 6.92 Å². The maximum absolute atomic E-state index is 13.3. The van der Waals surface area contributed by atoms with Crippen LogP contribution in [0.5, 0.6) is 0 Å². The monoisotopic (exact) mass is 454 g/mol. The maximum Gasteiger partial charge on any atom is 0.341 e. The summed E-state index contributed by atoms with van der Waals surface area (Å²) in [6, 6.07) is 14.1. The molecule has 0 bridgehead atoms. The van der Waals surface area contributed by atoms with Gasteiger partial charge in [0.25, 0.3) is 5.91 Å². The van der Waals surface area contributed by atoms with Gasteiger partial charge in [-0.15, -0.1) is 11.3 Å². The first-order valence-corrected chi connectivity index (χ1v) is 10.4. The van der Waals surface area contributed by atoms with E-state index in [1.54, 1.807) is 36.6 Å². The summed E-state index contributed by atoms with van der Waals surface area (Å²) in [5.74, 6) is -1.70. The van der Waals surface area contributed by atoms with E-state index in [0.29, 0.717) is 21.7 Å². The molecule has 1 N–H and O–H groups in total. The van der Waals surface area contributed by atoms with Gasteiger partial charge in [0.2, 0.25) is 0 Å². The van der Waals surface area contributed by atoms with Crippen molar-refractivity contribution in [3.8, 4) is 17.2 Å². The van der Waals surface area contributed by atoms with Crippen LogP contribution in [0.2, 0.25) is 5.02 Å². The molecule has 3 aromatic rings. The number of anilines is 1. The van der Waals surface area contributed by atoms with Crippen molar-refractivity contribution in [1.82, 2.24) is 0 Å². The molecule has 0 fully saturated rings. The molecule has 2 aromatic carbocycles. The van der Waals surface area contributed by atoms with Gasteiger partial charge in [-0.3, -0.25) is 4.79 Å². The zero-order valence-corrected chi connectivity index (χ0v) is 17.9. The molecule has 0 radical (unpaired) electrons. The minimum Gasteiger partial charge on any atom is -0.462 e. The van der Waals surface area contributed by atoms with Gasteiger partial charge in [-0.25, -0.2) is 9.18 Å². The van der Waals surface area contributed by atoms with Crippen LogP contribution in [0.3, 0.4) is 0 Å². The molecule has 3 rings (SSSR count). The standard InChI is InChI=1S/C23H16ClFN2O3S/c1-2-30-23(29)20-19(15-5-9-18(25)10-6-15)13-31-22(20)27-21(28)16(12-26)11-14-3-7-17(24)8-4-14/h3-11,13H,2H2,1H3,(H,27,28)/b16-11+. The van der Waals surface area contributed by atoms with Crippen molar-refractivity contribution >= 4 is 45.9 Å². The number of nitrogens with zero attached hydrogens (tertiary/aromatic N) is 1. The lowest BCUT2D eigenvalue weighted by Gasteiger charge is -2.08. The van der Waals surface area contributed by atoms with Crippen LogP contribution in [0.1, 0.15) is 22.8 Å². The predicted octanol–water partition coefficient (Wildman–Crippen LogP) is 5.93. The highest BCUT2D eigenvalue weighted by molar-refractivity contribution is 7.15. The van der Waals surface area contributed by atoms with Crippen LogP contribution in [0.25, 0.3) is 17.2 Å². The summed E-state index contributed by atoms with van der Waals surface area (Å²) in [7, 11) is 0. The smallest absolute Gasteiger partial charge is 0.341 e. The number of hydrogen-bond donors (Lipinski definition) is 1. The lowest BCUT2D eigenvalue weighted by atomic mass is 10.0. The highest BCUT2D eigenvalue weighted by Crippen LogP contribution is 2.36. The second-order valence-corrected chi connectivity index (χ2v) is 7.57. The largest absolute Gasteiger partial charge is 0.462 e. The second-order valence-electron chi connectivity index (χ2n) is 6.26. The Bertz CT molecular complexity index is 1180. The van der Waals surface area contributed by atoms with Gasteiger partial charge in [-0.05, 0) is 48.4 Å². The maximum atomic E-state index is 13.3. The van der Waals surface area contributed by atoms with Gasteiger partial charge in [0.1, 0.15) is 28.0 Å². The quantitative estimate of drug-likeness (QED) is 0.284. The SMILES string of the molecule is CCOC(=O)c1c(-c2ccc(F)cc2)csc1NC(=O)/C(C#N)=C/c1ccc(Cl)cc1. The number of hydrogen-bond acceptors (Lipinski definition) is 5. The molecule has 0 aliphatic rings. The molecule has 8 heteroatoms. The Hall–Kier alpha value is -3.47. The Morgan fingerprint density at radius 3 is 2.48 bits per heavy atom. The van der Waals surface area contributed by atoms with E-state index < -0.39 is 17.7 Å². The summed E-state index contributed by atoms with van der Waals surface area (Å²) >= 11 is 6.97. The first-order valence-electron chi connectivity index (χ1n) is 9.16. The van der Waals surface area contributed by atoms with E-state index in [1.165, 1.54) is 30.3 Å². The number of ether oxygens (including phenoxy) is 1. The number of esters is 1. The van der Waals surface area contributed by atoms with Crippen LogP contribution in [0.15, 0.2) is 59.5 Å². The molecule has 0 aliphatic heterocycles. The van der Waals surface area contributed by atoms with Crippen LogP contribution in [-0.2, 0) is 9.53 Å². The fraction of sp³-hybridized carbons (Fsp3) is 0.0870. The fourth-order valence-electron chi connectivity index (χ4n) is 2.74. The highest BCUT2D eigenvalue weighted by Gasteiger charge is 2.23. The Morgan fingerprint density at radius 2 is 1.87 bits per heavy atom. The van der Waals surface area contributed by atoms with Gasteiger partial charge in [0.05, 0.1) is 6.61 Å². The molecule has 0 atom stereocenters. The van der Waals surface area contributed by atoms with E-state index in [9.17, 15) is 19.2 Å². The number of halogens is 2. The van der Waals surface area contributed by atoms with Gasteiger partial charge in [-0.1, -0.05) is 35.9 Å². The minimum atomic E-state index is -0.671.